The summed E-state index contributed by atoms with van der Waals surface area (Å²) >= 11 is 0. The van der Waals surface area contributed by atoms with Crippen LogP contribution in [0.1, 0.15) is 13.8 Å². The van der Waals surface area contributed by atoms with Crippen molar-refractivity contribution >= 4 is 33.2 Å². The van der Waals surface area contributed by atoms with Crippen LogP contribution in [0.5, 0.6) is 0 Å². The highest BCUT2D eigenvalue weighted by Gasteiger charge is 2.25. The molecule has 0 aliphatic carbocycles. The molecule has 1 unspecified atom stereocenters. The molecule has 0 heterocycles. The Balaban J connectivity index is 2.14. The largest absolute Gasteiger partial charge is 0.326 e. The molecule has 2 rings (SSSR count). The number of carbonyl (C=O) groups excluding carboxylic acids is 2. The molecule has 2 aromatic carbocycles. The van der Waals surface area contributed by atoms with E-state index in [0.717, 1.165) is 24.5 Å². The van der Waals surface area contributed by atoms with Crippen molar-refractivity contribution in [3.8, 4) is 0 Å². The number of anilines is 2. The van der Waals surface area contributed by atoms with Crippen LogP contribution in [-0.2, 0) is 14.6 Å². The number of rotatable bonds is 6. The van der Waals surface area contributed by atoms with Gasteiger partial charge < -0.3 is 16.0 Å². The molecule has 0 fully saturated rings. The third-order valence-electron chi connectivity index (χ3n) is 3.89. The molecule has 7 nitrogen and oxygen atoms in total. The van der Waals surface area contributed by atoms with Crippen LogP contribution in [0.25, 0.3) is 0 Å². The number of hydrogen-bond acceptors (Lipinski definition) is 4. The second kappa shape index (κ2) is 8.83. The Morgan fingerprint density at radius 2 is 1.64 bits per heavy atom. The Morgan fingerprint density at radius 3 is 2.21 bits per heavy atom. The highest BCUT2D eigenvalue weighted by Crippen LogP contribution is 2.20. The van der Waals surface area contributed by atoms with E-state index in [1.165, 1.54) is 0 Å². The van der Waals surface area contributed by atoms with Gasteiger partial charge in [0, 0.05) is 11.9 Å². The number of para-hydroxylation sites is 1. The summed E-state index contributed by atoms with van der Waals surface area (Å²) in [6, 6.07) is 10.2. The minimum atomic E-state index is -3.57. The van der Waals surface area contributed by atoms with Crippen LogP contribution in [-0.4, -0.2) is 32.7 Å². The maximum absolute atomic E-state index is 14.0. The fraction of sp³-hybridized carbons (Fsp3) is 0.263. The summed E-state index contributed by atoms with van der Waals surface area (Å²) in [4.78, 5) is 24.6. The van der Waals surface area contributed by atoms with Crippen LogP contribution < -0.4 is 16.0 Å². The Labute approximate surface area is 163 Å². The lowest BCUT2D eigenvalue weighted by Crippen LogP contribution is -2.48. The summed E-state index contributed by atoms with van der Waals surface area (Å²) in [5, 5.41) is 7.50. The van der Waals surface area contributed by atoms with Crippen LogP contribution in [0.2, 0.25) is 0 Å². The van der Waals surface area contributed by atoms with Crippen molar-refractivity contribution in [1.29, 1.82) is 0 Å². The first-order valence-corrected chi connectivity index (χ1v) is 10.4. The summed E-state index contributed by atoms with van der Waals surface area (Å²) < 4.78 is 37.3. The van der Waals surface area contributed by atoms with Crippen LogP contribution in [0.4, 0.5) is 20.6 Å². The van der Waals surface area contributed by atoms with E-state index < -0.39 is 33.6 Å². The molecule has 0 aromatic heterocycles. The van der Waals surface area contributed by atoms with Crippen molar-refractivity contribution in [3.05, 3.63) is 54.3 Å². The Hall–Kier alpha value is -2.94. The molecule has 0 saturated heterocycles. The average molecular weight is 407 g/mol. The number of nitrogens with one attached hydrogen (secondary N) is 3. The zero-order valence-corrected chi connectivity index (χ0v) is 16.5. The zero-order chi connectivity index (χ0) is 20.9. The van der Waals surface area contributed by atoms with Crippen LogP contribution in [0.15, 0.2) is 53.4 Å². The fourth-order valence-electron chi connectivity index (χ4n) is 2.41. The molecule has 0 aliphatic rings. The highest BCUT2D eigenvalue weighted by atomic mass is 32.2. The van der Waals surface area contributed by atoms with Crippen LogP contribution in [0.3, 0.4) is 0 Å². The second-order valence-corrected chi connectivity index (χ2v) is 8.60. The van der Waals surface area contributed by atoms with E-state index >= 15 is 0 Å². The van der Waals surface area contributed by atoms with E-state index in [-0.39, 0.29) is 16.5 Å². The molecule has 0 spiro atoms. The number of sulfone groups is 1. The third-order valence-corrected chi connectivity index (χ3v) is 5.00. The van der Waals surface area contributed by atoms with Gasteiger partial charge in [-0.3, -0.25) is 4.79 Å². The Kier molecular flexibility index (Phi) is 6.74. The normalized spacial score (nSPS) is 12.3. The van der Waals surface area contributed by atoms with Crippen molar-refractivity contribution in [3.63, 3.8) is 0 Å². The number of urea groups is 1. The summed E-state index contributed by atoms with van der Waals surface area (Å²) in [6.45, 7) is 3.44. The summed E-state index contributed by atoms with van der Waals surface area (Å²) in [5.74, 6) is -1.75. The van der Waals surface area contributed by atoms with E-state index in [4.69, 9.17) is 0 Å². The topological polar surface area (TPSA) is 104 Å². The van der Waals surface area contributed by atoms with E-state index in [2.05, 4.69) is 16.0 Å². The lowest BCUT2D eigenvalue weighted by molar-refractivity contribution is -0.118. The molecular weight excluding hydrogens is 385 g/mol. The van der Waals surface area contributed by atoms with Gasteiger partial charge >= 0.3 is 6.03 Å². The fourth-order valence-corrected chi connectivity index (χ4v) is 3.05. The number of hydrogen-bond donors (Lipinski definition) is 3. The van der Waals surface area contributed by atoms with Gasteiger partial charge in [0.1, 0.15) is 11.9 Å². The molecule has 9 heteroatoms. The number of amides is 3. The molecule has 3 amide bonds. The molecule has 28 heavy (non-hydrogen) atoms. The van der Waals surface area contributed by atoms with Crippen LogP contribution in [0, 0.1) is 11.7 Å². The predicted octanol–water partition coefficient (Wildman–Crippen LogP) is 3.01. The number of halogens is 1. The Morgan fingerprint density at radius 1 is 1.00 bits per heavy atom. The van der Waals surface area contributed by atoms with Crippen molar-refractivity contribution in [2.45, 2.75) is 24.8 Å². The molecule has 0 aliphatic heterocycles. The van der Waals surface area contributed by atoms with Gasteiger partial charge in [-0.15, -0.1) is 0 Å². The summed E-state index contributed by atoms with van der Waals surface area (Å²) in [5.41, 5.74) is 0.277. The van der Waals surface area contributed by atoms with Gasteiger partial charge in [-0.1, -0.05) is 32.0 Å². The molecule has 2 aromatic rings. The van der Waals surface area contributed by atoms with Crippen LogP contribution >= 0.6 is 0 Å². The van der Waals surface area contributed by atoms with Crippen molar-refractivity contribution < 1.29 is 22.4 Å². The van der Waals surface area contributed by atoms with E-state index in [0.29, 0.717) is 5.69 Å². The van der Waals surface area contributed by atoms with Crippen molar-refractivity contribution in [2.75, 3.05) is 16.9 Å². The van der Waals surface area contributed by atoms with Gasteiger partial charge in [0.2, 0.25) is 5.91 Å². The first-order valence-electron chi connectivity index (χ1n) is 8.51. The maximum atomic E-state index is 14.0. The average Bonchev–Trinajstić information content (AvgIpc) is 2.61. The molecule has 0 radical (unpaired) electrons. The smallest absolute Gasteiger partial charge is 0.319 e. The first kappa shape index (κ1) is 21.4. The SMILES string of the molecule is CC(C)C(NC(=O)Nc1ccccc1)C(=O)Nc1cc(S(C)(=O)=O)ccc1F. The zero-order valence-electron chi connectivity index (χ0n) is 15.7. The number of benzene rings is 2. The van der Waals surface area contributed by atoms with Gasteiger partial charge in [-0.05, 0) is 36.2 Å². The summed E-state index contributed by atoms with van der Waals surface area (Å²) in [6.07, 6.45) is 0.984. The Bertz CT molecular complexity index is 962. The minimum absolute atomic E-state index is 0.125. The number of carbonyl (C=O) groups is 2. The summed E-state index contributed by atoms with van der Waals surface area (Å²) in [7, 11) is -3.57. The van der Waals surface area contributed by atoms with Crippen molar-refractivity contribution in [1.82, 2.24) is 5.32 Å². The van der Waals surface area contributed by atoms with Gasteiger partial charge in [-0.2, -0.15) is 0 Å². The molecule has 0 saturated carbocycles. The molecular formula is C19H22FN3O4S. The lowest BCUT2D eigenvalue weighted by atomic mass is 10.0. The van der Waals surface area contributed by atoms with Gasteiger partial charge in [0.25, 0.3) is 0 Å². The third kappa shape index (κ3) is 5.78. The van der Waals surface area contributed by atoms with Gasteiger partial charge in [0.05, 0.1) is 10.6 Å². The van der Waals surface area contributed by atoms with E-state index in [9.17, 15) is 22.4 Å². The lowest BCUT2D eigenvalue weighted by Gasteiger charge is -2.22. The second-order valence-electron chi connectivity index (χ2n) is 6.59. The van der Waals surface area contributed by atoms with E-state index in [1.54, 1.807) is 44.2 Å². The molecule has 150 valence electrons. The predicted molar refractivity (Wildman–Crippen MR) is 105 cm³/mol. The molecule has 0 bridgehead atoms. The van der Waals surface area contributed by atoms with Gasteiger partial charge in [-0.25, -0.2) is 17.6 Å². The minimum Gasteiger partial charge on any atom is -0.326 e. The molecule has 3 N–H and O–H groups in total. The quantitative estimate of drug-likeness (QED) is 0.640. The van der Waals surface area contributed by atoms with Crippen molar-refractivity contribution in [2.24, 2.45) is 5.92 Å². The maximum Gasteiger partial charge on any atom is 0.319 e. The standard InChI is InChI=1S/C19H22FN3O4S/c1-12(2)17(23-19(25)21-13-7-5-4-6-8-13)18(24)22-16-11-14(28(3,26)27)9-10-15(16)20/h4-12,17H,1-3H3,(H,22,24)(H2,21,23,25). The van der Waals surface area contributed by atoms with E-state index in [1.807, 2.05) is 0 Å². The molecule has 1 atom stereocenters. The highest BCUT2D eigenvalue weighted by molar-refractivity contribution is 7.90. The first-order chi connectivity index (χ1) is 13.1. The van der Waals surface area contributed by atoms with Gasteiger partial charge in [0.15, 0.2) is 9.84 Å². The monoisotopic (exact) mass is 407 g/mol.